The van der Waals surface area contributed by atoms with Crippen LogP contribution in [0.15, 0.2) is 24.3 Å². The second kappa shape index (κ2) is 4.53. The van der Waals surface area contributed by atoms with Crippen molar-refractivity contribution < 1.29 is 18.3 Å². The Bertz CT molecular complexity index is 323. The molecule has 0 aliphatic heterocycles. The van der Waals surface area contributed by atoms with E-state index in [1.807, 2.05) is 0 Å². The maximum absolute atomic E-state index is 12.5. The van der Waals surface area contributed by atoms with Crippen LogP contribution in [0.5, 0.6) is 0 Å². The maximum atomic E-state index is 12.5. The van der Waals surface area contributed by atoms with Gasteiger partial charge in [-0.15, -0.1) is 0 Å². The Morgan fingerprint density at radius 1 is 1.33 bits per heavy atom. The lowest BCUT2D eigenvalue weighted by atomic mass is 10.1. The van der Waals surface area contributed by atoms with Gasteiger partial charge in [-0.3, -0.25) is 0 Å². The van der Waals surface area contributed by atoms with Crippen molar-refractivity contribution in [2.24, 2.45) is 0 Å². The van der Waals surface area contributed by atoms with Crippen LogP contribution in [0.3, 0.4) is 0 Å². The van der Waals surface area contributed by atoms with E-state index >= 15 is 0 Å². The molecule has 0 aliphatic rings. The third-order valence-electron chi connectivity index (χ3n) is 1.82. The van der Waals surface area contributed by atoms with E-state index in [-0.39, 0.29) is 12.2 Å². The largest absolute Gasteiger partial charge is 0.418 e. The smallest absolute Gasteiger partial charge is 0.392 e. The molecular weight excluding hydrogens is 207 g/mol. The van der Waals surface area contributed by atoms with Crippen LogP contribution in [-0.2, 0) is 6.18 Å². The molecule has 0 bridgehead atoms. The number of para-hydroxylation sites is 1. The molecule has 0 radical (unpaired) electrons. The van der Waals surface area contributed by atoms with Crippen LogP contribution in [-0.4, -0.2) is 17.8 Å². The van der Waals surface area contributed by atoms with Gasteiger partial charge in [0.05, 0.1) is 11.7 Å². The van der Waals surface area contributed by atoms with Gasteiger partial charge in [0, 0.05) is 12.2 Å². The number of alkyl halides is 3. The Labute approximate surface area is 85.7 Å². The summed E-state index contributed by atoms with van der Waals surface area (Å²) < 4.78 is 37.4. The van der Waals surface area contributed by atoms with Gasteiger partial charge in [-0.25, -0.2) is 0 Å². The van der Waals surface area contributed by atoms with Crippen molar-refractivity contribution in [1.82, 2.24) is 0 Å². The summed E-state index contributed by atoms with van der Waals surface area (Å²) in [6.07, 6.45) is -5.06. The number of benzene rings is 1. The average Bonchev–Trinajstić information content (AvgIpc) is 2.13. The minimum Gasteiger partial charge on any atom is -0.392 e. The number of anilines is 1. The van der Waals surface area contributed by atoms with Crippen molar-refractivity contribution in [3.8, 4) is 0 Å². The first-order valence-electron chi connectivity index (χ1n) is 4.49. The molecule has 0 saturated heterocycles. The Balaban J connectivity index is 2.87. The van der Waals surface area contributed by atoms with Crippen LogP contribution in [0.2, 0.25) is 0 Å². The number of aliphatic hydroxyl groups is 1. The minimum absolute atomic E-state index is 0.00843. The minimum atomic E-state index is -4.37. The summed E-state index contributed by atoms with van der Waals surface area (Å²) in [5, 5.41) is 11.5. The summed E-state index contributed by atoms with van der Waals surface area (Å²) in [5.41, 5.74) is -0.725. The lowest BCUT2D eigenvalue weighted by Crippen LogP contribution is -2.18. The summed E-state index contributed by atoms with van der Waals surface area (Å²) in [7, 11) is 0. The zero-order chi connectivity index (χ0) is 11.5. The van der Waals surface area contributed by atoms with Crippen molar-refractivity contribution in [2.75, 3.05) is 11.9 Å². The summed E-state index contributed by atoms with van der Waals surface area (Å²) in [6.45, 7) is 1.59. The Morgan fingerprint density at radius 2 is 1.93 bits per heavy atom. The second-order valence-corrected chi connectivity index (χ2v) is 3.27. The van der Waals surface area contributed by atoms with Gasteiger partial charge in [-0.05, 0) is 19.1 Å². The van der Waals surface area contributed by atoms with E-state index in [1.54, 1.807) is 0 Å². The molecule has 0 amide bonds. The van der Waals surface area contributed by atoms with Gasteiger partial charge in [0.15, 0.2) is 0 Å². The molecule has 2 nitrogen and oxygen atoms in total. The first kappa shape index (κ1) is 11.8. The summed E-state index contributed by atoms with van der Waals surface area (Å²) in [5.74, 6) is 0. The normalized spacial score (nSPS) is 13.7. The number of hydrogen-bond acceptors (Lipinski definition) is 2. The van der Waals surface area contributed by atoms with Gasteiger partial charge in [0.25, 0.3) is 0 Å². The fourth-order valence-corrected chi connectivity index (χ4v) is 1.14. The SMILES string of the molecule is CC(O)CNc1ccccc1C(F)(F)F. The molecule has 1 unspecified atom stereocenters. The predicted molar refractivity (Wildman–Crippen MR) is 51.6 cm³/mol. The van der Waals surface area contributed by atoms with E-state index in [0.29, 0.717) is 0 Å². The number of halogens is 3. The third kappa shape index (κ3) is 3.43. The molecule has 0 heterocycles. The molecule has 1 aromatic rings. The van der Waals surface area contributed by atoms with Crippen molar-refractivity contribution in [2.45, 2.75) is 19.2 Å². The molecule has 0 spiro atoms. The molecule has 84 valence electrons. The van der Waals surface area contributed by atoms with E-state index in [2.05, 4.69) is 5.32 Å². The van der Waals surface area contributed by atoms with Crippen molar-refractivity contribution >= 4 is 5.69 Å². The van der Waals surface area contributed by atoms with Crippen LogP contribution >= 0.6 is 0 Å². The van der Waals surface area contributed by atoms with Crippen LogP contribution in [0.25, 0.3) is 0 Å². The molecule has 15 heavy (non-hydrogen) atoms. The first-order valence-corrected chi connectivity index (χ1v) is 4.49. The molecule has 5 heteroatoms. The van der Waals surface area contributed by atoms with E-state index in [1.165, 1.54) is 25.1 Å². The van der Waals surface area contributed by atoms with Gasteiger partial charge in [0.1, 0.15) is 0 Å². The molecule has 0 aliphatic carbocycles. The molecule has 2 N–H and O–H groups in total. The maximum Gasteiger partial charge on any atom is 0.418 e. The lowest BCUT2D eigenvalue weighted by Gasteiger charge is -2.15. The monoisotopic (exact) mass is 219 g/mol. The second-order valence-electron chi connectivity index (χ2n) is 3.27. The van der Waals surface area contributed by atoms with Gasteiger partial charge in [0.2, 0.25) is 0 Å². The lowest BCUT2D eigenvalue weighted by molar-refractivity contribution is -0.137. The summed E-state index contributed by atoms with van der Waals surface area (Å²) in [6, 6.07) is 5.19. The molecule has 0 saturated carbocycles. The molecule has 0 fully saturated rings. The molecule has 0 aromatic heterocycles. The Kier molecular flexibility index (Phi) is 3.57. The van der Waals surface area contributed by atoms with E-state index < -0.39 is 17.8 Å². The standard InChI is InChI=1S/C10H12F3NO/c1-7(15)6-14-9-5-3-2-4-8(9)10(11,12)13/h2-5,7,14-15H,6H2,1H3. The van der Waals surface area contributed by atoms with Gasteiger partial charge in [-0.1, -0.05) is 12.1 Å². The van der Waals surface area contributed by atoms with Gasteiger partial charge >= 0.3 is 6.18 Å². The highest BCUT2D eigenvalue weighted by atomic mass is 19.4. The molecular formula is C10H12F3NO. The molecule has 1 rings (SSSR count). The van der Waals surface area contributed by atoms with E-state index in [0.717, 1.165) is 6.07 Å². The summed E-state index contributed by atoms with van der Waals surface area (Å²) in [4.78, 5) is 0. The molecule has 1 aromatic carbocycles. The fraction of sp³-hybridized carbons (Fsp3) is 0.400. The predicted octanol–water partition coefficient (Wildman–Crippen LogP) is 2.50. The topological polar surface area (TPSA) is 32.3 Å². The Hall–Kier alpha value is -1.23. The zero-order valence-electron chi connectivity index (χ0n) is 8.17. The van der Waals surface area contributed by atoms with Crippen LogP contribution < -0.4 is 5.32 Å². The Morgan fingerprint density at radius 3 is 2.47 bits per heavy atom. The number of nitrogens with one attached hydrogen (secondary N) is 1. The van der Waals surface area contributed by atoms with Gasteiger partial charge < -0.3 is 10.4 Å². The number of rotatable bonds is 3. The van der Waals surface area contributed by atoms with Crippen molar-refractivity contribution in [1.29, 1.82) is 0 Å². The average molecular weight is 219 g/mol. The van der Waals surface area contributed by atoms with Crippen LogP contribution in [0.1, 0.15) is 12.5 Å². The fourth-order valence-electron chi connectivity index (χ4n) is 1.14. The van der Waals surface area contributed by atoms with Crippen LogP contribution in [0.4, 0.5) is 18.9 Å². The highest BCUT2D eigenvalue weighted by Gasteiger charge is 2.32. The highest BCUT2D eigenvalue weighted by Crippen LogP contribution is 2.34. The van der Waals surface area contributed by atoms with Gasteiger partial charge in [-0.2, -0.15) is 13.2 Å². The highest BCUT2D eigenvalue weighted by molar-refractivity contribution is 5.52. The quantitative estimate of drug-likeness (QED) is 0.818. The van der Waals surface area contributed by atoms with E-state index in [9.17, 15) is 13.2 Å². The first-order chi connectivity index (χ1) is 6.91. The molecule has 1 atom stereocenters. The summed E-state index contributed by atoms with van der Waals surface area (Å²) >= 11 is 0. The van der Waals surface area contributed by atoms with Crippen LogP contribution in [0, 0.1) is 0 Å². The zero-order valence-corrected chi connectivity index (χ0v) is 8.17. The van der Waals surface area contributed by atoms with Crippen molar-refractivity contribution in [3.63, 3.8) is 0 Å². The van der Waals surface area contributed by atoms with E-state index in [4.69, 9.17) is 5.11 Å². The number of hydrogen-bond donors (Lipinski definition) is 2. The number of aliphatic hydroxyl groups excluding tert-OH is 1. The van der Waals surface area contributed by atoms with Crippen molar-refractivity contribution in [3.05, 3.63) is 29.8 Å². The third-order valence-corrected chi connectivity index (χ3v) is 1.82.